The number of halogens is 1. The van der Waals surface area contributed by atoms with Gasteiger partial charge in [-0.25, -0.2) is 4.79 Å². The first-order valence-corrected chi connectivity index (χ1v) is 13.8. The minimum Gasteiger partial charge on any atom is -0.444 e. The van der Waals surface area contributed by atoms with E-state index in [2.05, 4.69) is 12.1 Å². The Morgan fingerprint density at radius 3 is 2.53 bits per heavy atom. The van der Waals surface area contributed by atoms with Gasteiger partial charge in [-0.05, 0) is 56.9 Å². The first kappa shape index (κ1) is 27.0. The predicted octanol–water partition coefficient (Wildman–Crippen LogP) is 5.27. The Hall–Kier alpha value is -2.61. The fraction of sp³-hybridized carbons (Fsp3) is 0.533. The van der Waals surface area contributed by atoms with Gasteiger partial charge in [-0.2, -0.15) is 0 Å². The van der Waals surface area contributed by atoms with E-state index in [1.165, 1.54) is 5.56 Å². The highest BCUT2D eigenvalue weighted by Crippen LogP contribution is 2.47. The van der Waals surface area contributed by atoms with Gasteiger partial charge in [0.05, 0.1) is 24.7 Å². The summed E-state index contributed by atoms with van der Waals surface area (Å²) in [6, 6.07) is 17.2. The third-order valence-corrected chi connectivity index (χ3v) is 8.00. The molecule has 2 unspecified atom stereocenters. The Morgan fingerprint density at radius 1 is 1.13 bits per heavy atom. The van der Waals surface area contributed by atoms with Crippen molar-refractivity contribution >= 4 is 23.6 Å². The summed E-state index contributed by atoms with van der Waals surface area (Å²) in [6.45, 7) is 8.07. The number of hydrogen-bond donors (Lipinski definition) is 0. The summed E-state index contributed by atoms with van der Waals surface area (Å²) in [5.74, 6) is -0.615. The van der Waals surface area contributed by atoms with Crippen LogP contribution in [0.25, 0.3) is 0 Å². The van der Waals surface area contributed by atoms with Crippen LogP contribution in [-0.2, 0) is 25.4 Å². The average Bonchev–Trinajstić information content (AvgIpc) is 3.61. The lowest BCUT2D eigenvalue weighted by atomic mass is 9.80. The number of rotatable bonds is 5. The minimum atomic E-state index is -0.642. The molecule has 1 spiro atoms. The van der Waals surface area contributed by atoms with Crippen LogP contribution >= 0.6 is 11.6 Å². The standard InChI is InChI=1S/C30H37ClN2O5/c1-29(2,3)38-28(35)33-18-30(13-14-36-19-30)16-25(33)26(22-9-11-23(31)12-10-22)27(34)32-17-24(37-20-32)15-21-7-5-4-6-8-21/h4-12,24-26H,13-20H2,1-3H3/t24?,25-,26-,30?/m0/s1. The van der Waals surface area contributed by atoms with Crippen LogP contribution in [-0.4, -0.2) is 72.6 Å². The van der Waals surface area contributed by atoms with E-state index in [1.54, 1.807) is 21.9 Å². The molecule has 3 saturated heterocycles. The van der Waals surface area contributed by atoms with Crippen molar-refractivity contribution in [2.75, 3.05) is 33.0 Å². The Balaban J connectivity index is 1.43. The highest BCUT2D eigenvalue weighted by Gasteiger charge is 2.53. The lowest BCUT2D eigenvalue weighted by Crippen LogP contribution is -2.47. The van der Waals surface area contributed by atoms with Gasteiger partial charge in [-0.1, -0.05) is 54.1 Å². The van der Waals surface area contributed by atoms with E-state index in [9.17, 15) is 9.59 Å². The van der Waals surface area contributed by atoms with Crippen LogP contribution in [0.2, 0.25) is 5.02 Å². The molecule has 2 amide bonds. The van der Waals surface area contributed by atoms with Crippen molar-refractivity contribution in [2.24, 2.45) is 5.41 Å². The van der Waals surface area contributed by atoms with Gasteiger partial charge in [0.25, 0.3) is 0 Å². The van der Waals surface area contributed by atoms with E-state index in [1.807, 2.05) is 51.1 Å². The van der Waals surface area contributed by atoms with Crippen molar-refractivity contribution in [1.29, 1.82) is 0 Å². The topological polar surface area (TPSA) is 68.3 Å². The van der Waals surface area contributed by atoms with Crippen molar-refractivity contribution in [1.82, 2.24) is 9.80 Å². The Kier molecular flexibility index (Phi) is 7.72. The zero-order chi connectivity index (χ0) is 26.9. The minimum absolute atomic E-state index is 0.0441. The molecule has 2 aromatic carbocycles. The maximum absolute atomic E-state index is 14.3. The fourth-order valence-electron chi connectivity index (χ4n) is 5.95. The zero-order valence-corrected chi connectivity index (χ0v) is 23.2. The second kappa shape index (κ2) is 10.9. The van der Waals surface area contributed by atoms with Crippen molar-refractivity contribution in [3.8, 4) is 0 Å². The third kappa shape index (κ3) is 6.00. The molecule has 0 saturated carbocycles. The van der Waals surface area contributed by atoms with Crippen LogP contribution in [0.15, 0.2) is 54.6 Å². The molecule has 0 aliphatic carbocycles. The number of ether oxygens (including phenoxy) is 3. The number of nitrogens with zero attached hydrogens (tertiary/aromatic N) is 2. The van der Waals surface area contributed by atoms with Crippen LogP contribution in [0, 0.1) is 5.41 Å². The van der Waals surface area contributed by atoms with Crippen molar-refractivity contribution in [3.05, 3.63) is 70.7 Å². The number of hydrogen-bond acceptors (Lipinski definition) is 5. The lowest BCUT2D eigenvalue weighted by molar-refractivity contribution is -0.134. The van der Waals surface area contributed by atoms with E-state index >= 15 is 0 Å². The molecule has 3 heterocycles. The van der Waals surface area contributed by atoms with Gasteiger partial charge in [0.1, 0.15) is 12.3 Å². The van der Waals surface area contributed by atoms with Crippen molar-refractivity contribution in [2.45, 2.75) is 63.7 Å². The van der Waals surface area contributed by atoms with Gasteiger partial charge in [0.15, 0.2) is 0 Å². The van der Waals surface area contributed by atoms with Crippen LogP contribution in [0.5, 0.6) is 0 Å². The molecule has 7 nitrogen and oxygen atoms in total. The van der Waals surface area contributed by atoms with Gasteiger partial charge < -0.3 is 24.0 Å². The second-order valence-electron chi connectivity index (χ2n) is 11.9. The van der Waals surface area contributed by atoms with Gasteiger partial charge in [-0.3, -0.25) is 4.79 Å². The highest BCUT2D eigenvalue weighted by molar-refractivity contribution is 6.30. The average molecular weight is 541 g/mol. The van der Waals surface area contributed by atoms with Crippen molar-refractivity contribution < 1.29 is 23.8 Å². The monoisotopic (exact) mass is 540 g/mol. The third-order valence-electron chi connectivity index (χ3n) is 7.75. The van der Waals surface area contributed by atoms with Crippen LogP contribution in [0.3, 0.4) is 0 Å². The van der Waals surface area contributed by atoms with Crippen LogP contribution in [0.4, 0.5) is 4.79 Å². The number of benzene rings is 2. The molecule has 3 aliphatic heterocycles. The van der Waals surface area contributed by atoms with Crippen LogP contribution in [0.1, 0.15) is 50.7 Å². The molecule has 3 aliphatic rings. The summed E-state index contributed by atoms with van der Waals surface area (Å²) in [5, 5.41) is 0.600. The summed E-state index contributed by atoms with van der Waals surface area (Å²) in [7, 11) is 0. The number of amides is 2. The van der Waals surface area contributed by atoms with Crippen LogP contribution < -0.4 is 0 Å². The normalized spacial score (nSPS) is 26.2. The molecule has 4 atom stereocenters. The summed E-state index contributed by atoms with van der Waals surface area (Å²) in [5.41, 5.74) is 1.19. The highest BCUT2D eigenvalue weighted by atomic mass is 35.5. The molecular formula is C30H37ClN2O5. The largest absolute Gasteiger partial charge is 0.444 e. The maximum Gasteiger partial charge on any atom is 0.410 e. The first-order chi connectivity index (χ1) is 18.1. The summed E-state index contributed by atoms with van der Waals surface area (Å²) in [4.78, 5) is 31.3. The van der Waals surface area contributed by atoms with Gasteiger partial charge in [0.2, 0.25) is 5.91 Å². The molecule has 0 radical (unpaired) electrons. The van der Waals surface area contributed by atoms with E-state index in [4.69, 9.17) is 25.8 Å². The molecule has 2 aromatic rings. The van der Waals surface area contributed by atoms with E-state index in [0.29, 0.717) is 37.7 Å². The summed E-state index contributed by atoms with van der Waals surface area (Å²) in [6.07, 6.45) is 1.80. The molecule has 5 rings (SSSR count). The molecule has 3 fully saturated rings. The Morgan fingerprint density at radius 2 is 1.87 bits per heavy atom. The molecule has 0 bridgehead atoms. The summed E-state index contributed by atoms with van der Waals surface area (Å²) < 4.78 is 17.7. The van der Waals surface area contributed by atoms with E-state index in [0.717, 1.165) is 18.4 Å². The molecule has 0 aromatic heterocycles. The van der Waals surface area contributed by atoms with E-state index in [-0.39, 0.29) is 30.2 Å². The fourth-order valence-corrected chi connectivity index (χ4v) is 6.07. The number of likely N-dealkylation sites (tertiary alicyclic amines) is 1. The van der Waals surface area contributed by atoms with E-state index < -0.39 is 17.6 Å². The zero-order valence-electron chi connectivity index (χ0n) is 22.4. The molecule has 204 valence electrons. The molecular weight excluding hydrogens is 504 g/mol. The van der Waals surface area contributed by atoms with Gasteiger partial charge >= 0.3 is 6.09 Å². The van der Waals surface area contributed by atoms with Gasteiger partial charge in [-0.15, -0.1) is 0 Å². The van der Waals surface area contributed by atoms with Gasteiger partial charge in [0, 0.05) is 36.6 Å². The molecule has 0 N–H and O–H groups in total. The SMILES string of the molecule is CC(C)(C)OC(=O)N1CC2(CCOC2)C[C@H]1[C@@H](C(=O)N1COC(Cc2ccccc2)C1)c1ccc(Cl)cc1. The number of carbonyl (C=O) groups excluding carboxylic acids is 2. The number of carbonyl (C=O) groups is 2. The smallest absolute Gasteiger partial charge is 0.410 e. The molecule has 8 heteroatoms. The summed E-state index contributed by atoms with van der Waals surface area (Å²) >= 11 is 6.21. The first-order valence-electron chi connectivity index (χ1n) is 13.4. The van der Waals surface area contributed by atoms with Crippen molar-refractivity contribution in [3.63, 3.8) is 0 Å². The predicted molar refractivity (Wildman–Crippen MR) is 145 cm³/mol. The second-order valence-corrected chi connectivity index (χ2v) is 12.3. The Labute approximate surface area is 230 Å². The lowest BCUT2D eigenvalue weighted by Gasteiger charge is -2.34. The quantitative estimate of drug-likeness (QED) is 0.517. The molecule has 38 heavy (non-hydrogen) atoms. The Bertz CT molecular complexity index is 1130. The maximum atomic E-state index is 14.3.